The summed E-state index contributed by atoms with van der Waals surface area (Å²) >= 11 is 0. The highest BCUT2D eigenvalue weighted by molar-refractivity contribution is 5.69. The van der Waals surface area contributed by atoms with E-state index in [1.807, 2.05) is 0 Å². The molecule has 0 aromatic rings. The Balaban J connectivity index is 5.71. The van der Waals surface area contributed by atoms with E-state index in [-0.39, 0.29) is 0 Å². The second-order valence-electron chi connectivity index (χ2n) is 2.80. The number of ether oxygens (including phenoxy) is 2. The maximum absolute atomic E-state index is 12.3. The molecule has 100 valence electrons. The van der Waals surface area contributed by atoms with Gasteiger partial charge >= 0.3 is 30.1 Å². The van der Waals surface area contributed by atoms with Crippen LogP contribution in [0.3, 0.4) is 0 Å². The van der Waals surface area contributed by atoms with E-state index in [9.17, 15) is 35.9 Å². The van der Waals surface area contributed by atoms with Crippen molar-refractivity contribution >= 4 is 11.9 Å². The van der Waals surface area contributed by atoms with Gasteiger partial charge in [0.05, 0.1) is 0 Å². The highest BCUT2D eigenvalue weighted by Crippen LogP contribution is 2.46. The molecule has 0 fully saturated rings. The fourth-order valence-corrected chi connectivity index (χ4v) is 0.818. The summed E-state index contributed by atoms with van der Waals surface area (Å²) in [6.07, 6.45) is -12.3. The first-order valence-corrected chi connectivity index (χ1v) is 3.86. The lowest BCUT2D eigenvalue weighted by Crippen LogP contribution is -2.62. The molecule has 0 unspecified atom stereocenters. The molecule has 17 heavy (non-hydrogen) atoms. The van der Waals surface area contributed by atoms with E-state index in [2.05, 4.69) is 9.47 Å². The van der Waals surface area contributed by atoms with Gasteiger partial charge in [-0.2, -0.15) is 26.3 Å². The Morgan fingerprint density at radius 2 is 1.00 bits per heavy atom. The highest BCUT2D eigenvalue weighted by Gasteiger charge is 2.78. The average Bonchev–Trinajstić information content (AvgIpc) is 1.96. The Kier molecular flexibility index (Phi) is 4.03. The minimum Gasteiger partial charge on any atom is -0.407 e. The molecule has 0 aliphatic carbocycles. The van der Waals surface area contributed by atoms with E-state index in [1.54, 1.807) is 0 Å². The van der Waals surface area contributed by atoms with Crippen LogP contribution in [0, 0.1) is 0 Å². The SMILES string of the molecule is CC(=O)OC(OC(C)=O)(C(F)(F)F)C(F)(F)F. The van der Waals surface area contributed by atoms with E-state index in [0.717, 1.165) is 0 Å². The van der Waals surface area contributed by atoms with Crippen LogP contribution in [0.25, 0.3) is 0 Å². The monoisotopic (exact) mass is 268 g/mol. The van der Waals surface area contributed by atoms with Crippen LogP contribution in [0.15, 0.2) is 0 Å². The van der Waals surface area contributed by atoms with Crippen molar-refractivity contribution < 1.29 is 45.4 Å². The molecular weight excluding hydrogens is 262 g/mol. The number of esters is 2. The second-order valence-corrected chi connectivity index (χ2v) is 2.80. The first-order chi connectivity index (χ1) is 7.33. The van der Waals surface area contributed by atoms with Gasteiger partial charge in [-0.05, 0) is 0 Å². The highest BCUT2D eigenvalue weighted by atomic mass is 19.4. The lowest BCUT2D eigenvalue weighted by molar-refractivity contribution is -0.443. The predicted molar refractivity (Wildman–Crippen MR) is 38.4 cm³/mol. The molecule has 0 saturated carbocycles. The van der Waals surface area contributed by atoms with Gasteiger partial charge in [-0.25, -0.2) is 0 Å². The van der Waals surface area contributed by atoms with Crippen LogP contribution >= 0.6 is 0 Å². The van der Waals surface area contributed by atoms with E-state index in [4.69, 9.17) is 0 Å². The van der Waals surface area contributed by atoms with Gasteiger partial charge in [0.2, 0.25) is 0 Å². The molecule has 0 heterocycles. The number of carbonyl (C=O) groups excluding carboxylic acids is 2. The van der Waals surface area contributed by atoms with E-state index in [1.165, 1.54) is 0 Å². The third-order valence-electron chi connectivity index (χ3n) is 1.32. The summed E-state index contributed by atoms with van der Waals surface area (Å²) in [7, 11) is 0. The molecule has 0 N–H and O–H groups in total. The molecule has 0 amide bonds. The van der Waals surface area contributed by atoms with E-state index in [0.29, 0.717) is 13.8 Å². The van der Waals surface area contributed by atoms with Gasteiger partial charge in [-0.15, -0.1) is 0 Å². The molecule has 0 spiro atoms. The van der Waals surface area contributed by atoms with E-state index >= 15 is 0 Å². The largest absolute Gasteiger partial charge is 0.478 e. The Labute approximate surface area is 90.5 Å². The summed E-state index contributed by atoms with van der Waals surface area (Å²) in [5.74, 6) is -9.08. The fourth-order valence-electron chi connectivity index (χ4n) is 0.818. The van der Waals surface area contributed by atoms with Crippen molar-refractivity contribution in [1.29, 1.82) is 0 Å². The van der Waals surface area contributed by atoms with Crippen LogP contribution in [-0.2, 0) is 19.1 Å². The van der Waals surface area contributed by atoms with Crippen molar-refractivity contribution in [2.75, 3.05) is 0 Å². The molecule has 0 atom stereocenters. The molecule has 0 aromatic heterocycles. The Morgan fingerprint density at radius 3 is 1.12 bits per heavy atom. The molecule has 0 bridgehead atoms. The fraction of sp³-hybridized carbons (Fsp3) is 0.714. The molecule has 4 nitrogen and oxygen atoms in total. The van der Waals surface area contributed by atoms with Gasteiger partial charge in [0.1, 0.15) is 0 Å². The van der Waals surface area contributed by atoms with Crippen LogP contribution in [-0.4, -0.2) is 30.1 Å². The molecule has 10 heteroatoms. The van der Waals surface area contributed by atoms with Crippen LogP contribution in [0.5, 0.6) is 0 Å². The lowest BCUT2D eigenvalue weighted by Gasteiger charge is -2.34. The van der Waals surface area contributed by atoms with Gasteiger partial charge in [-0.1, -0.05) is 0 Å². The first kappa shape index (κ1) is 15.5. The molecule has 0 aliphatic heterocycles. The predicted octanol–water partition coefficient (Wildman–Crippen LogP) is 1.93. The topological polar surface area (TPSA) is 52.6 Å². The van der Waals surface area contributed by atoms with Gasteiger partial charge in [0, 0.05) is 13.8 Å². The number of hydrogen-bond donors (Lipinski definition) is 0. The third kappa shape index (κ3) is 3.24. The Hall–Kier alpha value is -1.48. The summed E-state index contributed by atoms with van der Waals surface area (Å²) in [4.78, 5) is 20.6. The van der Waals surface area contributed by atoms with Crippen molar-refractivity contribution in [2.45, 2.75) is 32.0 Å². The van der Waals surface area contributed by atoms with Crippen LogP contribution in [0.1, 0.15) is 13.8 Å². The molecule has 0 aliphatic rings. The van der Waals surface area contributed by atoms with Crippen molar-refractivity contribution in [3.8, 4) is 0 Å². The minimum absolute atomic E-state index is 0.315. The van der Waals surface area contributed by atoms with Crippen LogP contribution in [0.2, 0.25) is 0 Å². The van der Waals surface area contributed by atoms with Gasteiger partial charge in [-0.3, -0.25) is 9.59 Å². The number of alkyl halides is 6. The summed E-state index contributed by atoms with van der Waals surface area (Å²) < 4.78 is 80.2. The Morgan fingerprint density at radius 1 is 0.765 bits per heavy atom. The maximum Gasteiger partial charge on any atom is 0.478 e. The number of halogens is 6. The van der Waals surface area contributed by atoms with Crippen LogP contribution < -0.4 is 0 Å². The molecule has 0 saturated heterocycles. The summed E-state index contributed by atoms with van der Waals surface area (Å²) in [5.41, 5.74) is 0. The third-order valence-corrected chi connectivity index (χ3v) is 1.32. The normalized spacial score (nSPS) is 13.2. The van der Waals surface area contributed by atoms with Gasteiger partial charge in [0.25, 0.3) is 0 Å². The molecule has 0 aromatic carbocycles. The number of hydrogen-bond acceptors (Lipinski definition) is 4. The lowest BCUT2D eigenvalue weighted by atomic mass is 10.2. The van der Waals surface area contributed by atoms with E-state index < -0.39 is 30.1 Å². The Bertz CT molecular complexity index is 285. The molecule has 0 radical (unpaired) electrons. The maximum atomic E-state index is 12.3. The van der Waals surface area contributed by atoms with Crippen molar-refractivity contribution in [2.24, 2.45) is 0 Å². The van der Waals surface area contributed by atoms with Gasteiger partial charge < -0.3 is 9.47 Å². The zero-order valence-electron chi connectivity index (χ0n) is 8.40. The van der Waals surface area contributed by atoms with Crippen molar-refractivity contribution in [1.82, 2.24) is 0 Å². The zero-order chi connectivity index (χ0) is 14.1. The summed E-state index contributed by atoms with van der Waals surface area (Å²) in [6, 6.07) is 0. The van der Waals surface area contributed by atoms with Crippen molar-refractivity contribution in [3.63, 3.8) is 0 Å². The summed E-state index contributed by atoms with van der Waals surface area (Å²) in [5, 5.41) is 0. The first-order valence-electron chi connectivity index (χ1n) is 3.86. The second kappa shape index (κ2) is 4.41. The quantitative estimate of drug-likeness (QED) is 0.436. The van der Waals surface area contributed by atoms with Crippen molar-refractivity contribution in [3.05, 3.63) is 0 Å². The smallest absolute Gasteiger partial charge is 0.407 e. The number of rotatable bonds is 2. The molecular formula is C7H6F6O4. The minimum atomic E-state index is -6.15. The van der Waals surface area contributed by atoms with Crippen LogP contribution in [0.4, 0.5) is 26.3 Å². The number of carbonyl (C=O) groups is 2. The molecule has 0 rings (SSSR count). The van der Waals surface area contributed by atoms with Gasteiger partial charge in [0.15, 0.2) is 0 Å². The standard InChI is InChI=1S/C7H6F6O4/c1-3(14)16-5(6(8,9)10,7(11,12)13)17-4(2)15/h1-2H3. The average molecular weight is 268 g/mol. The zero-order valence-corrected chi connectivity index (χ0v) is 8.40. The summed E-state index contributed by atoms with van der Waals surface area (Å²) in [6.45, 7) is 0.630.